The Morgan fingerprint density at radius 3 is 2.34 bits per heavy atom. The number of hydrogen-bond acceptors (Lipinski definition) is 10. The summed E-state index contributed by atoms with van der Waals surface area (Å²) in [6, 6.07) is 11.2. The SMILES string of the molecule is CC1=CC(c2cnc(Nc3cnc(CN4CCN(Cc5ccccc5)CC4)cn3)s2)C=NC=N1.NC1CCCCC1. The third-order valence-electron chi connectivity index (χ3n) is 7.54. The van der Waals surface area contributed by atoms with Crippen LogP contribution >= 0.6 is 11.3 Å². The van der Waals surface area contributed by atoms with Crippen LogP contribution in [0, 0.1) is 0 Å². The molecule has 6 rings (SSSR count). The van der Waals surface area contributed by atoms with Crippen molar-refractivity contribution in [1.82, 2.24) is 24.8 Å². The van der Waals surface area contributed by atoms with Gasteiger partial charge in [-0.15, -0.1) is 11.3 Å². The minimum Gasteiger partial charge on any atom is -0.328 e. The summed E-state index contributed by atoms with van der Waals surface area (Å²) in [6.45, 7) is 8.04. The lowest BCUT2D eigenvalue weighted by atomic mass is 9.97. The Balaban J connectivity index is 0.000000423. The molecule has 3 aromatic rings. The second kappa shape index (κ2) is 15.1. The van der Waals surface area contributed by atoms with Gasteiger partial charge in [0.15, 0.2) is 10.9 Å². The lowest BCUT2D eigenvalue weighted by Gasteiger charge is -2.34. The van der Waals surface area contributed by atoms with Crippen LogP contribution in [-0.4, -0.2) is 69.5 Å². The summed E-state index contributed by atoms with van der Waals surface area (Å²) in [7, 11) is 0. The number of allylic oxidation sites excluding steroid dienone is 2. The molecule has 1 atom stereocenters. The normalized spacial score (nSPS) is 20.1. The number of benzene rings is 1. The van der Waals surface area contributed by atoms with Gasteiger partial charge in [0.25, 0.3) is 0 Å². The standard InChI is InChI=1S/C25H28N8S.C6H13N/c1-19-11-21(12-26-18-30-19)23-14-29-25(34-23)31-24-15-27-22(13-28-24)17-33-9-7-32(8-10-33)16-20-5-3-2-4-6-20;7-6-4-2-1-3-5-6/h2-6,11-15,18,21H,7-10,16-17H2,1H3,(H,28,29,31);6H,1-5,7H2. The van der Waals surface area contributed by atoms with E-state index in [0.29, 0.717) is 11.9 Å². The molecular formula is C31H41N9S. The number of hydrogen-bond donors (Lipinski definition) is 2. The maximum atomic E-state index is 5.63. The lowest BCUT2D eigenvalue weighted by Crippen LogP contribution is -2.45. The molecule has 1 aliphatic carbocycles. The van der Waals surface area contributed by atoms with Gasteiger partial charge >= 0.3 is 0 Å². The molecule has 41 heavy (non-hydrogen) atoms. The van der Waals surface area contributed by atoms with Gasteiger partial charge in [-0.3, -0.25) is 14.8 Å². The molecule has 1 saturated carbocycles. The van der Waals surface area contributed by atoms with E-state index in [2.05, 4.69) is 76.5 Å². The first kappa shape index (κ1) is 29.2. The fourth-order valence-electron chi connectivity index (χ4n) is 5.18. The maximum absolute atomic E-state index is 5.63. The van der Waals surface area contributed by atoms with E-state index in [4.69, 9.17) is 5.73 Å². The van der Waals surface area contributed by atoms with Crippen molar-refractivity contribution >= 4 is 34.8 Å². The zero-order valence-electron chi connectivity index (χ0n) is 23.9. The van der Waals surface area contributed by atoms with Crippen LogP contribution in [0.4, 0.5) is 10.9 Å². The Hall–Kier alpha value is -3.31. The van der Waals surface area contributed by atoms with Gasteiger partial charge in [0.1, 0.15) is 6.34 Å². The van der Waals surface area contributed by atoms with Crippen LogP contribution in [0.3, 0.4) is 0 Å². The molecule has 0 amide bonds. The number of aliphatic imine (C=N–C) groups is 2. The molecule has 9 nitrogen and oxygen atoms in total. The second-order valence-electron chi connectivity index (χ2n) is 10.9. The number of piperazine rings is 1. The molecule has 0 spiro atoms. The minimum atomic E-state index is 0.0807. The quantitative estimate of drug-likeness (QED) is 0.392. The average Bonchev–Trinajstić information content (AvgIpc) is 3.35. The van der Waals surface area contributed by atoms with E-state index < -0.39 is 0 Å². The fraction of sp³-hybridized carbons (Fsp3) is 0.452. The predicted octanol–water partition coefficient (Wildman–Crippen LogP) is 5.37. The van der Waals surface area contributed by atoms with Crippen LogP contribution < -0.4 is 11.1 Å². The van der Waals surface area contributed by atoms with Gasteiger partial charge in [-0.1, -0.05) is 49.6 Å². The van der Waals surface area contributed by atoms with E-state index in [-0.39, 0.29) is 5.92 Å². The number of nitrogens with two attached hydrogens (primary N) is 1. The van der Waals surface area contributed by atoms with E-state index in [1.165, 1.54) is 37.7 Å². The molecule has 2 fully saturated rings. The molecule has 3 N–H and O–H groups in total. The first-order chi connectivity index (χ1) is 20.1. The molecule has 1 unspecified atom stereocenters. The van der Waals surface area contributed by atoms with Crippen LogP contribution in [0.15, 0.2) is 70.7 Å². The molecule has 2 aliphatic heterocycles. The summed E-state index contributed by atoms with van der Waals surface area (Å²) < 4.78 is 0. The van der Waals surface area contributed by atoms with Gasteiger partial charge in [0.05, 0.1) is 24.0 Å². The molecule has 1 aromatic carbocycles. The molecular weight excluding hydrogens is 530 g/mol. The molecule has 0 radical (unpaired) electrons. The van der Waals surface area contributed by atoms with Crippen LogP contribution in [0.2, 0.25) is 0 Å². The van der Waals surface area contributed by atoms with E-state index in [9.17, 15) is 0 Å². The topological polar surface area (TPSA) is 108 Å². The molecule has 4 heterocycles. The van der Waals surface area contributed by atoms with E-state index >= 15 is 0 Å². The lowest BCUT2D eigenvalue weighted by molar-refractivity contribution is 0.121. The zero-order chi connectivity index (χ0) is 28.3. The highest BCUT2D eigenvalue weighted by atomic mass is 32.1. The monoisotopic (exact) mass is 571 g/mol. The van der Waals surface area contributed by atoms with Gasteiger partial charge in [-0.25, -0.2) is 20.0 Å². The minimum absolute atomic E-state index is 0.0807. The highest BCUT2D eigenvalue weighted by Gasteiger charge is 2.18. The number of thiazole rings is 1. The Morgan fingerprint density at radius 2 is 1.66 bits per heavy atom. The van der Waals surface area contributed by atoms with Crippen molar-refractivity contribution in [2.75, 3.05) is 31.5 Å². The van der Waals surface area contributed by atoms with Crippen molar-refractivity contribution < 1.29 is 0 Å². The van der Waals surface area contributed by atoms with Gasteiger partial charge < -0.3 is 11.1 Å². The van der Waals surface area contributed by atoms with Gasteiger partial charge in [0, 0.05) is 68.3 Å². The number of nitrogens with zero attached hydrogens (tertiary/aromatic N) is 7. The van der Waals surface area contributed by atoms with Crippen LogP contribution in [0.25, 0.3) is 0 Å². The summed E-state index contributed by atoms with van der Waals surface area (Å²) in [5, 5.41) is 4.06. The van der Waals surface area contributed by atoms with Crippen LogP contribution in [-0.2, 0) is 13.1 Å². The van der Waals surface area contributed by atoms with E-state index in [1.807, 2.05) is 25.5 Å². The molecule has 3 aliphatic rings. The van der Waals surface area contributed by atoms with Crippen LogP contribution in [0.5, 0.6) is 0 Å². The molecule has 216 valence electrons. The van der Waals surface area contributed by atoms with Crippen molar-refractivity contribution in [1.29, 1.82) is 0 Å². The first-order valence-corrected chi connectivity index (χ1v) is 15.4. The Labute approximate surface area is 247 Å². The fourth-order valence-corrected chi connectivity index (χ4v) is 6.03. The van der Waals surface area contributed by atoms with Crippen LogP contribution in [0.1, 0.15) is 61.1 Å². The number of rotatable bonds is 7. The van der Waals surface area contributed by atoms with E-state index in [1.54, 1.807) is 23.9 Å². The second-order valence-corrected chi connectivity index (χ2v) is 12.0. The molecule has 0 bridgehead atoms. The van der Waals surface area contributed by atoms with Gasteiger partial charge in [-0.05, 0) is 31.4 Å². The maximum Gasteiger partial charge on any atom is 0.188 e. The van der Waals surface area contributed by atoms with Gasteiger partial charge in [0.2, 0.25) is 0 Å². The van der Waals surface area contributed by atoms with Crippen molar-refractivity contribution in [3.63, 3.8) is 0 Å². The highest BCUT2D eigenvalue weighted by molar-refractivity contribution is 7.15. The summed E-state index contributed by atoms with van der Waals surface area (Å²) in [5.41, 5.74) is 8.94. The van der Waals surface area contributed by atoms with E-state index in [0.717, 1.165) is 60.7 Å². The average molecular weight is 572 g/mol. The van der Waals surface area contributed by atoms with Crippen molar-refractivity contribution in [3.05, 3.63) is 76.8 Å². The molecule has 10 heteroatoms. The summed E-state index contributed by atoms with van der Waals surface area (Å²) in [6.07, 6.45) is 17.7. The van der Waals surface area contributed by atoms with Crippen molar-refractivity contribution in [2.45, 2.75) is 64.1 Å². The zero-order valence-corrected chi connectivity index (χ0v) is 24.7. The Bertz CT molecular complexity index is 1290. The Kier molecular flexibility index (Phi) is 10.7. The molecule has 2 aromatic heterocycles. The first-order valence-electron chi connectivity index (χ1n) is 14.6. The molecule has 1 saturated heterocycles. The van der Waals surface area contributed by atoms with Gasteiger partial charge in [-0.2, -0.15) is 0 Å². The predicted molar refractivity (Wildman–Crippen MR) is 169 cm³/mol. The number of aromatic nitrogens is 3. The van der Waals surface area contributed by atoms with Crippen molar-refractivity contribution in [2.24, 2.45) is 15.7 Å². The third-order valence-corrected chi connectivity index (χ3v) is 8.55. The number of anilines is 2. The summed E-state index contributed by atoms with van der Waals surface area (Å²) >= 11 is 1.58. The third kappa shape index (κ3) is 9.36. The largest absolute Gasteiger partial charge is 0.328 e. The Morgan fingerprint density at radius 1 is 0.902 bits per heavy atom. The summed E-state index contributed by atoms with van der Waals surface area (Å²) in [5.74, 6) is 0.777. The highest BCUT2D eigenvalue weighted by Crippen LogP contribution is 2.29. The summed E-state index contributed by atoms with van der Waals surface area (Å²) in [4.78, 5) is 28.2. The van der Waals surface area contributed by atoms with Crippen molar-refractivity contribution in [3.8, 4) is 0 Å². The number of nitrogens with one attached hydrogen (secondary N) is 1. The smallest absolute Gasteiger partial charge is 0.188 e.